The van der Waals surface area contributed by atoms with E-state index >= 15 is 0 Å². The minimum Gasteiger partial charge on any atom is -0.504 e. The predicted molar refractivity (Wildman–Crippen MR) is 209 cm³/mol. The van der Waals surface area contributed by atoms with Gasteiger partial charge in [-0.1, -0.05) is 74.2 Å². The number of aromatic hydroxyl groups is 1. The number of hydrogen-bond acceptors (Lipinski definition) is 8. The number of ether oxygens (including phenoxy) is 3. The smallest absolute Gasteiger partial charge is 0.161 e. The summed E-state index contributed by atoms with van der Waals surface area (Å²) >= 11 is 0. The molecule has 0 spiro atoms. The fraction of sp³-hybridized carbons (Fsp3) is 0.455. The van der Waals surface area contributed by atoms with Gasteiger partial charge in [-0.3, -0.25) is 0 Å². The van der Waals surface area contributed by atoms with Gasteiger partial charge in [0.2, 0.25) is 0 Å². The third-order valence-corrected chi connectivity index (χ3v) is 11.3. The summed E-state index contributed by atoms with van der Waals surface area (Å²) in [5, 5.41) is 36.9. The molecule has 1 saturated heterocycles. The first-order valence-electron chi connectivity index (χ1n) is 19.5. The van der Waals surface area contributed by atoms with Crippen molar-refractivity contribution in [1.82, 2.24) is 9.88 Å². The number of rotatable bonds is 9. The Kier molecular flexibility index (Phi) is 12.2. The summed E-state index contributed by atoms with van der Waals surface area (Å²) in [7, 11) is 0. The molecule has 0 radical (unpaired) electrons. The third-order valence-electron chi connectivity index (χ3n) is 11.3. The molecule has 6 N–H and O–H groups in total. The van der Waals surface area contributed by atoms with Gasteiger partial charge in [0.15, 0.2) is 11.5 Å². The highest BCUT2D eigenvalue weighted by molar-refractivity contribution is 5.88. The molecule has 1 fully saturated rings. The van der Waals surface area contributed by atoms with E-state index in [-0.39, 0.29) is 36.6 Å². The number of nitrogens with two attached hydrogens (primary N) is 1. The number of fused-ring (bicyclic) bond motifs is 4. The maximum Gasteiger partial charge on any atom is 0.161 e. The summed E-state index contributed by atoms with van der Waals surface area (Å²) in [6.45, 7) is 2.24. The van der Waals surface area contributed by atoms with Crippen LogP contribution in [0.25, 0.3) is 16.6 Å². The van der Waals surface area contributed by atoms with Gasteiger partial charge in [0, 0.05) is 54.0 Å². The molecule has 4 aromatic rings. The molecule has 7 rings (SSSR count). The highest BCUT2D eigenvalue weighted by Crippen LogP contribution is 2.43. The highest BCUT2D eigenvalue weighted by Gasteiger charge is 2.37. The maximum absolute atomic E-state index is 11.2. The monoisotopic (exact) mass is 721 g/mol. The van der Waals surface area contributed by atoms with Crippen LogP contribution >= 0.6 is 0 Å². The first kappa shape index (κ1) is 37.2. The molecule has 0 aliphatic carbocycles. The molecule has 3 aliphatic rings. The summed E-state index contributed by atoms with van der Waals surface area (Å²) in [5.41, 5.74) is 11.7. The van der Waals surface area contributed by atoms with Crippen LogP contribution in [-0.2, 0) is 27.9 Å². The van der Waals surface area contributed by atoms with Crippen LogP contribution in [0.4, 0.5) is 0 Å². The van der Waals surface area contributed by atoms with Crippen LogP contribution < -0.4 is 15.8 Å². The van der Waals surface area contributed by atoms with Crippen LogP contribution in [0.5, 0.6) is 11.5 Å². The molecule has 3 atom stereocenters. The van der Waals surface area contributed by atoms with Gasteiger partial charge in [0.25, 0.3) is 0 Å². The minimum absolute atomic E-state index is 0.0910. The van der Waals surface area contributed by atoms with Crippen LogP contribution in [0, 0.1) is 0 Å². The lowest BCUT2D eigenvalue weighted by Crippen LogP contribution is -2.38. The number of phenols is 1. The van der Waals surface area contributed by atoms with Crippen molar-refractivity contribution in [3.63, 3.8) is 0 Å². The second-order valence-electron chi connectivity index (χ2n) is 15.0. The Morgan fingerprint density at radius 2 is 1.72 bits per heavy atom. The lowest BCUT2D eigenvalue weighted by Gasteiger charge is -2.39. The number of benzene rings is 3. The van der Waals surface area contributed by atoms with Crippen molar-refractivity contribution in [3.05, 3.63) is 113 Å². The molecule has 9 heteroatoms. The average Bonchev–Trinajstić information content (AvgIpc) is 3.62. The molecule has 9 nitrogen and oxygen atoms in total. The Morgan fingerprint density at radius 1 is 0.906 bits per heavy atom. The summed E-state index contributed by atoms with van der Waals surface area (Å²) in [4.78, 5) is 0. The van der Waals surface area contributed by atoms with Gasteiger partial charge in [0.05, 0.1) is 25.0 Å². The van der Waals surface area contributed by atoms with Crippen molar-refractivity contribution in [3.8, 4) is 11.5 Å². The number of aliphatic hydroxyl groups is 2. The predicted octanol–water partition coefficient (Wildman–Crippen LogP) is 7.05. The van der Waals surface area contributed by atoms with Crippen LogP contribution in [-0.4, -0.2) is 64.7 Å². The summed E-state index contributed by atoms with van der Waals surface area (Å²) in [5.74, 6) is 1.38. The number of aliphatic hydroxyl groups excluding tert-OH is 2. The topological polar surface area (TPSA) is 131 Å². The third kappa shape index (κ3) is 8.82. The number of nitrogens with one attached hydrogen (secondary N) is 1. The van der Waals surface area contributed by atoms with E-state index in [1.54, 1.807) is 6.07 Å². The number of nitrogens with zero attached hydrogens (tertiary/aromatic N) is 1. The highest BCUT2D eigenvalue weighted by atomic mass is 16.5. The van der Waals surface area contributed by atoms with E-state index < -0.39 is 6.10 Å². The van der Waals surface area contributed by atoms with Gasteiger partial charge in [-0.2, -0.15) is 0 Å². The Balaban J connectivity index is 1.30. The quantitative estimate of drug-likeness (QED) is 0.116. The van der Waals surface area contributed by atoms with Crippen molar-refractivity contribution >= 4 is 16.6 Å². The standard InChI is InChI=1S/C44H55N3O6/c45-42-17-14-32-29-52-38(11-7-2-1-3-8-20-48)26-37(49)15-12-31-13-16-40(50)41(23-31)53-30-34-25-36(24-33-27-47(28-39(33)34)43(32)46-42)44(18-21-51-22-19-44)35-9-5-4-6-10-35/h4-6,9-10,13-14,16-17,23-25,27-28,37-38,42,46,48-50H,1-3,7-8,11-12,15,18-22,26,29-30,45H2. The molecular weight excluding hydrogens is 666 g/mol. The largest absolute Gasteiger partial charge is 0.504 e. The van der Waals surface area contributed by atoms with Gasteiger partial charge < -0.3 is 45.1 Å². The molecular formula is C44H55N3O6. The molecule has 0 saturated carbocycles. The molecule has 3 aromatic carbocycles. The average molecular weight is 722 g/mol. The second kappa shape index (κ2) is 17.3. The fourth-order valence-corrected chi connectivity index (χ4v) is 8.26. The van der Waals surface area contributed by atoms with Crippen molar-refractivity contribution in [2.24, 2.45) is 5.73 Å². The first-order chi connectivity index (χ1) is 25.9. The Labute approximate surface area is 313 Å². The SMILES string of the molecule is NC1C=CC2=C(N1)n1cc3cc(C4(c5ccccc5)CCOCC4)cc(c3c1)COc1cc(ccc1O)CCC(O)CC(CCCCCCCO)OC2. The van der Waals surface area contributed by atoms with Crippen molar-refractivity contribution in [1.29, 1.82) is 0 Å². The van der Waals surface area contributed by atoms with E-state index in [1.165, 1.54) is 11.1 Å². The number of hydrogen-bond donors (Lipinski definition) is 5. The first-order valence-corrected chi connectivity index (χ1v) is 19.5. The minimum atomic E-state index is -0.543. The molecule has 53 heavy (non-hydrogen) atoms. The van der Waals surface area contributed by atoms with Gasteiger partial charge in [-0.25, -0.2) is 0 Å². The normalized spacial score (nSPS) is 22.1. The lowest BCUT2D eigenvalue weighted by atomic mass is 9.68. The number of aryl methyl sites for hydroxylation is 1. The van der Waals surface area contributed by atoms with Crippen LogP contribution in [0.15, 0.2) is 90.8 Å². The van der Waals surface area contributed by atoms with Crippen LogP contribution in [0.3, 0.4) is 0 Å². The number of unbranched alkanes of at least 4 members (excludes halogenated alkanes) is 4. The summed E-state index contributed by atoms with van der Waals surface area (Å²) < 4.78 is 21.1. The van der Waals surface area contributed by atoms with E-state index in [0.29, 0.717) is 44.8 Å². The number of aromatic nitrogens is 1. The van der Waals surface area contributed by atoms with Crippen molar-refractivity contribution < 1.29 is 29.5 Å². The van der Waals surface area contributed by atoms with E-state index in [1.807, 2.05) is 18.2 Å². The van der Waals surface area contributed by atoms with Crippen molar-refractivity contribution in [2.45, 2.75) is 101 Å². The van der Waals surface area contributed by atoms with Crippen LogP contribution in [0.2, 0.25) is 0 Å². The van der Waals surface area contributed by atoms with Gasteiger partial charge >= 0.3 is 0 Å². The molecule has 0 amide bonds. The van der Waals surface area contributed by atoms with E-state index in [0.717, 1.165) is 84.7 Å². The van der Waals surface area contributed by atoms with E-state index in [2.05, 4.69) is 70.8 Å². The zero-order valence-electron chi connectivity index (χ0n) is 30.7. The Hall–Kier alpha value is -4.12. The Bertz CT molecular complexity index is 1880. The van der Waals surface area contributed by atoms with E-state index in [4.69, 9.17) is 25.1 Å². The number of phenolic OH excluding ortho intramolecular Hbond substituents is 1. The molecule has 4 bridgehead atoms. The fourth-order valence-electron chi connectivity index (χ4n) is 8.26. The second-order valence-corrected chi connectivity index (χ2v) is 15.0. The molecule has 3 aliphatic heterocycles. The molecule has 3 unspecified atom stereocenters. The van der Waals surface area contributed by atoms with Gasteiger partial charge in [-0.05, 0) is 91.5 Å². The summed E-state index contributed by atoms with van der Waals surface area (Å²) in [6, 6.07) is 20.8. The molecule has 4 heterocycles. The lowest BCUT2D eigenvalue weighted by molar-refractivity contribution is 0.0171. The maximum atomic E-state index is 11.2. The van der Waals surface area contributed by atoms with Gasteiger partial charge in [0.1, 0.15) is 12.4 Å². The zero-order chi connectivity index (χ0) is 36.6. The van der Waals surface area contributed by atoms with Gasteiger partial charge in [-0.15, -0.1) is 0 Å². The summed E-state index contributed by atoms with van der Waals surface area (Å²) in [6.07, 6.45) is 16.6. The molecule has 1 aromatic heterocycles. The zero-order valence-corrected chi connectivity index (χ0v) is 30.7. The van der Waals surface area contributed by atoms with Crippen molar-refractivity contribution in [2.75, 3.05) is 26.4 Å². The van der Waals surface area contributed by atoms with Crippen LogP contribution in [0.1, 0.15) is 86.5 Å². The van der Waals surface area contributed by atoms with E-state index in [9.17, 15) is 10.2 Å². The molecule has 282 valence electrons. The Morgan fingerprint density at radius 3 is 2.55 bits per heavy atom. The number of dihydropyridines is 1.